The van der Waals surface area contributed by atoms with Crippen LogP contribution in [0.15, 0.2) is 24.3 Å². The number of halogens is 2. The summed E-state index contributed by atoms with van der Waals surface area (Å²) in [6.45, 7) is 5.30. The molecule has 0 aliphatic carbocycles. The highest BCUT2D eigenvalue weighted by molar-refractivity contribution is 5.93. The van der Waals surface area contributed by atoms with E-state index in [0.717, 1.165) is 38.1 Å². The van der Waals surface area contributed by atoms with Crippen LogP contribution in [-0.2, 0) is 0 Å². The third-order valence-corrected chi connectivity index (χ3v) is 4.32. The van der Waals surface area contributed by atoms with Gasteiger partial charge < -0.3 is 10.2 Å². The molecule has 0 atom stereocenters. The van der Waals surface area contributed by atoms with Gasteiger partial charge in [0.2, 0.25) is 0 Å². The number of aryl methyl sites for hydroxylation is 1. The van der Waals surface area contributed by atoms with E-state index >= 15 is 0 Å². The molecule has 1 fully saturated rings. The molecule has 0 spiro atoms. The Bertz CT molecular complexity index is 789. The standard InChI is InChI=1S/C18H20F2N4O/c1-11-5-7-24(8-6-11)18(25)16-10-17(22-12(2)21-16)23-13-3-4-14(19)15(20)9-13/h3-4,9-11H,5-8H2,1-2H3,(H,21,22,23). The van der Waals surface area contributed by atoms with Gasteiger partial charge in [-0.3, -0.25) is 4.79 Å². The highest BCUT2D eigenvalue weighted by atomic mass is 19.2. The maximum Gasteiger partial charge on any atom is 0.272 e. The van der Waals surface area contributed by atoms with Gasteiger partial charge in [-0.25, -0.2) is 18.7 Å². The summed E-state index contributed by atoms with van der Waals surface area (Å²) in [5.41, 5.74) is 0.648. The molecule has 1 aromatic heterocycles. The molecule has 1 amide bonds. The number of hydrogen-bond donors (Lipinski definition) is 1. The molecule has 7 heteroatoms. The normalized spacial score (nSPS) is 15.3. The van der Waals surface area contributed by atoms with E-state index < -0.39 is 11.6 Å². The van der Waals surface area contributed by atoms with Crippen molar-refractivity contribution in [2.45, 2.75) is 26.7 Å². The fraction of sp³-hybridized carbons (Fsp3) is 0.389. The summed E-state index contributed by atoms with van der Waals surface area (Å²) in [6, 6.07) is 5.02. The lowest BCUT2D eigenvalue weighted by atomic mass is 9.99. The molecule has 3 rings (SSSR count). The molecule has 1 saturated heterocycles. The molecule has 0 bridgehead atoms. The average molecular weight is 346 g/mol. The molecule has 1 aromatic carbocycles. The zero-order valence-corrected chi connectivity index (χ0v) is 14.2. The number of carbonyl (C=O) groups is 1. The summed E-state index contributed by atoms with van der Waals surface area (Å²) in [7, 11) is 0. The van der Waals surface area contributed by atoms with Crippen LogP contribution in [0.1, 0.15) is 36.1 Å². The Morgan fingerprint density at radius 3 is 2.56 bits per heavy atom. The number of hydrogen-bond acceptors (Lipinski definition) is 4. The van der Waals surface area contributed by atoms with Gasteiger partial charge in [0.15, 0.2) is 11.6 Å². The Kier molecular flexibility index (Phi) is 4.92. The van der Waals surface area contributed by atoms with Crippen molar-refractivity contribution in [3.05, 3.63) is 47.4 Å². The lowest BCUT2D eigenvalue weighted by Gasteiger charge is -2.30. The Balaban J connectivity index is 1.80. The maximum atomic E-state index is 13.3. The number of aromatic nitrogens is 2. The summed E-state index contributed by atoms with van der Waals surface area (Å²) in [6.07, 6.45) is 1.96. The second kappa shape index (κ2) is 7.13. The van der Waals surface area contributed by atoms with Crippen LogP contribution in [0.4, 0.5) is 20.3 Å². The fourth-order valence-electron chi connectivity index (χ4n) is 2.84. The summed E-state index contributed by atoms with van der Waals surface area (Å²) >= 11 is 0. The minimum Gasteiger partial charge on any atom is -0.340 e. The van der Waals surface area contributed by atoms with Gasteiger partial charge in [-0.1, -0.05) is 6.92 Å². The van der Waals surface area contributed by atoms with Crippen LogP contribution in [0, 0.1) is 24.5 Å². The predicted molar refractivity (Wildman–Crippen MR) is 90.7 cm³/mol. The zero-order valence-electron chi connectivity index (χ0n) is 14.2. The number of nitrogens with one attached hydrogen (secondary N) is 1. The molecule has 5 nitrogen and oxygen atoms in total. The van der Waals surface area contributed by atoms with E-state index in [1.165, 1.54) is 12.1 Å². The van der Waals surface area contributed by atoms with E-state index in [-0.39, 0.29) is 5.91 Å². The first-order valence-electron chi connectivity index (χ1n) is 8.29. The quantitative estimate of drug-likeness (QED) is 0.921. The Morgan fingerprint density at radius 1 is 1.16 bits per heavy atom. The van der Waals surface area contributed by atoms with Crippen LogP contribution in [-0.4, -0.2) is 33.9 Å². The van der Waals surface area contributed by atoms with Crippen molar-refractivity contribution in [1.82, 2.24) is 14.9 Å². The van der Waals surface area contributed by atoms with Crippen LogP contribution in [0.3, 0.4) is 0 Å². The molecule has 0 radical (unpaired) electrons. The van der Waals surface area contributed by atoms with Crippen LogP contribution >= 0.6 is 0 Å². The van der Waals surface area contributed by atoms with Crippen molar-refractivity contribution in [3.63, 3.8) is 0 Å². The zero-order chi connectivity index (χ0) is 18.0. The number of anilines is 2. The summed E-state index contributed by atoms with van der Waals surface area (Å²) in [4.78, 5) is 22.9. The van der Waals surface area contributed by atoms with Gasteiger partial charge in [-0.05, 0) is 37.8 Å². The largest absolute Gasteiger partial charge is 0.340 e. The molecule has 1 aliphatic heterocycles. The van der Waals surface area contributed by atoms with E-state index in [2.05, 4.69) is 22.2 Å². The molecule has 1 aliphatic rings. The third kappa shape index (κ3) is 4.10. The minimum absolute atomic E-state index is 0.134. The van der Waals surface area contributed by atoms with Crippen molar-refractivity contribution >= 4 is 17.4 Å². The number of amides is 1. The lowest BCUT2D eigenvalue weighted by Crippen LogP contribution is -2.38. The fourth-order valence-corrected chi connectivity index (χ4v) is 2.84. The van der Waals surface area contributed by atoms with Gasteiger partial charge in [0, 0.05) is 30.9 Å². The number of piperidine rings is 1. The van der Waals surface area contributed by atoms with Crippen LogP contribution in [0.25, 0.3) is 0 Å². The number of likely N-dealkylation sites (tertiary alicyclic amines) is 1. The SMILES string of the molecule is Cc1nc(Nc2ccc(F)c(F)c2)cc(C(=O)N2CCC(C)CC2)n1. The van der Waals surface area contributed by atoms with Crippen molar-refractivity contribution in [2.24, 2.45) is 5.92 Å². The van der Waals surface area contributed by atoms with Crippen molar-refractivity contribution in [3.8, 4) is 0 Å². The van der Waals surface area contributed by atoms with E-state index in [4.69, 9.17) is 0 Å². The molecule has 0 unspecified atom stereocenters. The van der Waals surface area contributed by atoms with E-state index in [1.807, 2.05) is 0 Å². The molecule has 132 valence electrons. The van der Waals surface area contributed by atoms with E-state index in [9.17, 15) is 13.6 Å². The second-order valence-corrected chi connectivity index (χ2v) is 6.41. The monoisotopic (exact) mass is 346 g/mol. The molecule has 25 heavy (non-hydrogen) atoms. The van der Waals surface area contributed by atoms with Gasteiger partial charge in [0.1, 0.15) is 17.3 Å². The summed E-state index contributed by atoms with van der Waals surface area (Å²) in [5, 5.41) is 2.89. The Labute approximate surface area is 145 Å². The lowest BCUT2D eigenvalue weighted by molar-refractivity contribution is 0.0691. The summed E-state index contributed by atoms with van der Waals surface area (Å²) < 4.78 is 26.4. The Morgan fingerprint density at radius 2 is 1.88 bits per heavy atom. The number of carbonyl (C=O) groups excluding carboxylic acids is 1. The first-order valence-corrected chi connectivity index (χ1v) is 8.29. The number of nitrogens with zero attached hydrogens (tertiary/aromatic N) is 3. The van der Waals surface area contributed by atoms with Gasteiger partial charge in [-0.2, -0.15) is 0 Å². The van der Waals surface area contributed by atoms with Crippen LogP contribution < -0.4 is 5.32 Å². The smallest absolute Gasteiger partial charge is 0.272 e. The number of benzene rings is 1. The van der Waals surface area contributed by atoms with Crippen molar-refractivity contribution < 1.29 is 13.6 Å². The Hall–Kier alpha value is -2.57. The first kappa shape index (κ1) is 17.3. The van der Waals surface area contributed by atoms with E-state index in [0.29, 0.717) is 28.9 Å². The van der Waals surface area contributed by atoms with E-state index in [1.54, 1.807) is 11.8 Å². The van der Waals surface area contributed by atoms with Crippen LogP contribution in [0.2, 0.25) is 0 Å². The second-order valence-electron chi connectivity index (χ2n) is 6.41. The van der Waals surface area contributed by atoms with Crippen molar-refractivity contribution in [2.75, 3.05) is 18.4 Å². The van der Waals surface area contributed by atoms with Gasteiger partial charge >= 0.3 is 0 Å². The highest BCUT2D eigenvalue weighted by Crippen LogP contribution is 2.21. The topological polar surface area (TPSA) is 58.1 Å². The maximum absolute atomic E-state index is 13.3. The highest BCUT2D eigenvalue weighted by Gasteiger charge is 2.23. The van der Waals surface area contributed by atoms with Gasteiger partial charge in [0.25, 0.3) is 5.91 Å². The van der Waals surface area contributed by atoms with Gasteiger partial charge in [0.05, 0.1) is 0 Å². The molecule has 0 saturated carbocycles. The van der Waals surface area contributed by atoms with Gasteiger partial charge in [-0.15, -0.1) is 0 Å². The molecule has 2 aromatic rings. The summed E-state index contributed by atoms with van der Waals surface area (Å²) in [5.74, 6) is -0.574. The average Bonchev–Trinajstić information content (AvgIpc) is 2.58. The molecule has 2 heterocycles. The molecular weight excluding hydrogens is 326 g/mol. The number of rotatable bonds is 3. The third-order valence-electron chi connectivity index (χ3n) is 4.32. The minimum atomic E-state index is -0.950. The van der Waals surface area contributed by atoms with Crippen molar-refractivity contribution in [1.29, 1.82) is 0 Å². The molecular formula is C18H20F2N4O. The molecule has 1 N–H and O–H groups in total. The first-order chi connectivity index (χ1) is 11.9. The van der Waals surface area contributed by atoms with Crippen LogP contribution in [0.5, 0.6) is 0 Å². The predicted octanol–water partition coefficient (Wildman–Crippen LogP) is 3.68.